The van der Waals surface area contributed by atoms with Crippen molar-refractivity contribution in [3.8, 4) is 5.75 Å². The van der Waals surface area contributed by atoms with Crippen LogP contribution in [0.4, 0.5) is 8.78 Å². The van der Waals surface area contributed by atoms with Crippen molar-refractivity contribution in [1.29, 1.82) is 0 Å². The summed E-state index contributed by atoms with van der Waals surface area (Å²) in [4.78, 5) is 0. The average molecular weight is 1620 g/mol. The summed E-state index contributed by atoms with van der Waals surface area (Å²) in [5.74, 6) is 4.37. The molecule has 0 heterocycles. The van der Waals surface area contributed by atoms with Crippen molar-refractivity contribution in [3.05, 3.63) is 341 Å². The van der Waals surface area contributed by atoms with Gasteiger partial charge in [-0.2, -0.15) is 0 Å². The summed E-state index contributed by atoms with van der Waals surface area (Å²) < 4.78 is 25.7. The zero-order valence-electron chi connectivity index (χ0n) is 75.8. The maximum absolute atomic E-state index is 12.9. The second kappa shape index (κ2) is 51.8. The van der Waals surface area contributed by atoms with E-state index in [0.717, 1.165) is 21.7 Å². The quantitative estimate of drug-likeness (QED) is 0.135. The van der Waals surface area contributed by atoms with Gasteiger partial charge in [-0.3, -0.25) is 0 Å². The Morgan fingerprint density at radius 1 is 0.239 bits per heavy atom. The van der Waals surface area contributed by atoms with Crippen molar-refractivity contribution >= 4 is 46.4 Å². The number of rotatable bonds is 11. The number of halogens is 6. The molecule has 0 radical (unpaired) electrons. The lowest BCUT2D eigenvalue weighted by Crippen LogP contribution is -1.98. The van der Waals surface area contributed by atoms with Crippen LogP contribution in [0.5, 0.6) is 5.75 Å². The molecule has 0 amide bonds. The van der Waals surface area contributed by atoms with E-state index in [9.17, 15) is 13.9 Å². The van der Waals surface area contributed by atoms with Gasteiger partial charge in [0.1, 0.15) is 17.4 Å². The number of phenolic OH excluding ortho intramolecular Hbond substituents is 1. The van der Waals surface area contributed by atoms with Crippen molar-refractivity contribution in [2.24, 2.45) is 0 Å². The van der Waals surface area contributed by atoms with Gasteiger partial charge >= 0.3 is 0 Å². The average Bonchev–Trinajstić information content (AvgIpc) is 0.832. The number of hydrogen-bond donors (Lipinski definition) is 2. The first kappa shape index (κ1) is 104. The van der Waals surface area contributed by atoms with Crippen LogP contribution in [0.25, 0.3) is 0 Å². The highest BCUT2D eigenvalue weighted by Crippen LogP contribution is 2.36. The molecule has 0 aromatic heterocycles. The van der Waals surface area contributed by atoms with Gasteiger partial charge in [0, 0.05) is 25.7 Å². The Labute approximate surface area is 708 Å². The molecule has 2 N–H and O–H groups in total. The second-order valence-corrected chi connectivity index (χ2v) is 34.9. The molecule has 0 atom stereocenters. The molecule has 2 nitrogen and oxygen atoms in total. The molecule has 0 unspecified atom stereocenters. The van der Waals surface area contributed by atoms with Crippen LogP contribution in [-0.2, 0) is 6.61 Å². The smallest absolute Gasteiger partial charge is 0.129 e. The lowest BCUT2D eigenvalue weighted by atomic mass is 9.92. The highest BCUT2D eigenvalue weighted by molar-refractivity contribution is 6.39. The van der Waals surface area contributed by atoms with Gasteiger partial charge in [-0.1, -0.05) is 324 Å². The van der Waals surface area contributed by atoms with Crippen LogP contribution < -0.4 is 0 Å². The molecule has 10 rings (SSSR count). The zero-order chi connectivity index (χ0) is 86.8. The molecule has 8 heteroatoms. The molecular formula is C105H144Cl4F2O2. The van der Waals surface area contributed by atoms with Gasteiger partial charge in [0.25, 0.3) is 0 Å². The largest absolute Gasteiger partial charge is 0.508 e. The van der Waals surface area contributed by atoms with Gasteiger partial charge < -0.3 is 10.2 Å². The highest BCUT2D eigenvalue weighted by atomic mass is 35.5. The third-order valence-electron chi connectivity index (χ3n) is 19.9. The first-order valence-electron chi connectivity index (χ1n) is 40.7. The maximum atomic E-state index is 12.9. The van der Waals surface area contributed by atoms with Gasteiger partial charge in [0.05, 0.1) is 6.61 Å². The molecule has 0 bridgehead atoms. The van der Waals surface area contributed by atoms with Gasteiger partial charge in [-0.05, 0) is 320 Å². The third kappa shape index (κ3) is 34.8. The van der Waals surface area contributed by atoms with Crippen molar-refractivity contribution in [1.82, 2.24) is 0 Å². The van der Waals surface area contributed by atoms with Crippen LogP contribution >= 0.6 is 46.4 Å². The Morgan fingerprint density at radius 2 is 0.460 bits per heavy atom. The SMILES string of the molecule is CC(C)c1c(Cl)cc(Cl)cc1Cl.CC(C)c1c(F)cccc1F.Cc1cc(C)c(C(C)C)c(C)c1.Cc1cccc(C)c1C(C)C.Cc1cccc(C)c1C(C)C.Cc1cccc(C)c1C(C)C.Cc1cccc(C)c1C(C)C.Cc1cccc(CO)c1C(C)C.Cc1cccc(Cl)c1C(C)C.Cc1cccc(O)c1C(C)C. The fourth-order valence-electron chi connectivity index (χ4n) is 15.7. The summed E-state index contributed by atoms with van der Waals surface area (Å²) in [6.45, 7) is 73.3. The van der Waals surface area contributed by atoms with Gasteiger partial charge in [0.15, 0.2) is 0 Å². The van der Waals surface area contributed by atoms with Crippen LogP contribution in [0.1, 0.15) is 337 Å². The van der Waals surface area contributed by atoms with E-state index < -0.39 is 11.6 Å². The summed E-state index contributed by atoms with van der Waals surface area (Å²) in [5.41, 5.74) is 32.7. The summed E-state index contributed by atoms with van der Waals surface area (Å²) in [7, 11) is 0. The molecule has 0 spiro atoms. The topological polar surface area (TPSA) is 40.5 Å². The van der Waals surface area contributed by atoms with Gasteiger partial charge in [-0.15, -0.1) is 0 Å². The van der Waals surface area contributed by atoms with Crippen LogP contribution in [0, 0.1) is 109 Å². The molecule has 0 aliphatic rings. The Kier molecular flexibility index (Phi) is 47.7. The predicted octanol–water partition coefficient (Wildman–Crippen LogP) is 34.5. The summed E-state index contributed by atoms with van der Waals surface area (Å²) in [6, 6.07) is 55.6. The third-order valence-corrected chi connectivity index (χ3v) is 21.1. The Balaban J connectivity index is 0.000000628. The van der Waals surface area contributed by atoms with Crippen molar-refractivity contribution < 1.29 is 19.0 Å². The highest BCUT2D eigenvalue weighted by Gasteiger charge is 2.15. The monoisotopic (exact) mass is 1610 g/mol. The molecular weight excluding hydrogens is 1470 g/mol. The summed E-state index contributed by atoms with van der Waals surface area (Å²) >= 11 is 23.7. The number of hydrogen-bond acceptors (Lipinski definition) is 2. The van der Waals surface area contributed by atoms with Crippen LogP contribution in [-0.4, -0.2) is 10.2 Å². The molecule has 0 fully saturated rings. The molecule has 10 aromatic rings. The zero-order valence-corrected chi connectivity index (χ0v) is 78.8. The van der Waals surface area contributed by atoms with E-state index in [1.807, 2.05) is 57.2 Å². The molecule has 113 heavy (non-hydrogen) atoms. The minimum atomic E-state index is -0.458. The standard InChI is InChI=1S/C12H18.C11H16O.4C11H16.C10H13Cl.C10H14O.C9H9Cl3.C9H10F2/c1-8(2)12-10(4)6-9(3)7-11(12)5;1-8(2)11-9(3)5-4-6-10(11)7-12;4*1-8(2)11-9(3)6-5-7-10(11)4;2*1-7(2)10-8(3)5-4-6-9(10)11;1-5(2)9-7(11)3-6(10)4-8(9)12;1-6(2)9-7(10)4-3-5-8(9)11/h6-8H,1-5H3;4-6,8,12H,7H2,1-3H3;4*5-8H,1-4H3;4-7H,1-3H3;4-7,11H,1-3H3;3-5H,1-2H3;3-6H,1-2H3. The first-order valence-corrected chi connectivity index (χ1v) is 42.2. The number of aliphatic hydroxyl groups excluding tert-OH is 1. The molecule has 0 saturated carbocycles. The molecule has 0 aliphatic carbocycles. The summed E-state index contributed by atoms with van der Waals surface area (Å²) in [6.07, 6.45) is 0. The number of aryl methyl sites for hydroxylation is 14. The Hall–Kier alpha value is -7.02. The first-order chi connectivity index (χ1) is 52.6. The minimum absolute atomic E-state index is 0.101. The molecule has 0 aliphatic heterocycles. The fourth-order valence-corrected chi connectivity index (χ4v) is 17.4. The van der Waals surface area contributed by atoms with Gasteiger partial charge in [-0.25, -0.2) is 8.78 Å². The predicted molar refractivity (Wildman–Crippen MR) is 499 cm³/mol. The van der Waals surface area contributed by atoms with E-state index in [1.165, 1.54) is 135 Å². The maximum Gasteiger partial charge on any atom is 0.129 e. The van der Waals surface area contributed by atoms with E-state index in [-0.39, 0.29) is 18.1 Å². The lowest BCUT2D eigenvalue weighted by Gasteiger charge is -2.14. The van der Waals surface area contributed by atoms with Crippen LogP contribution in [0.15, 0.2) is 170 Å². The van der Waals surface area contributed by atoms with Crippen LogP contribution in [0.3, 0.4) is 0 Å². The van der Waals surface area contributed by atoms with E-state index in [0.29, 0.717) is 74.1 Å². The Bertz CT molecular complexity index is 3690. The lowest BCUT2D eigenvalue weighted by molar-refractivity contribution is 0.280. The van der Waals surface area contributed by atoms with E-state index in [4.69, 9.17) is 51.5 Å². The minimum Gasteiger partial charge on any atom is -0.508 e. The van der Waals surface area contributed by atoms with E-state index >= 15 is 0 Å². The van der Waals surface area contributed by atoms with Crippen molar-refractivity contribution in [3.63, 3.8) is 0 Å². The number of benzene rings is 10. The van der Waals surface area contributed by atoms with Crippen LogP contribution in [0.2, 0.25) is 20.1 Å². The normalized spacial score (nSPS) is 10.7. The Morgan fingerprint density at radius 3 is 0.673 bits per heavy atom. The van der Waals surface area contributed by atoms with E-state index in [1.54, 1.807) is 32.0 Å². The summed E-state index contributed by atoms with van der Waals surface area (Å²) in [5, 5.41) is 21.3. The number of aliphatic hydroxyl groups is 1. The van der Waals surface area contributed by atoms with E-state index in [2.05, 4.69) is 298 Å². The van der Waals surface area contributed by atoms with Gasteiger partial charge in [0.2, 0.25) is 0 Å². The molecule has 10 aromatic carbocycles. The van der Waals surface area contributed by atoms with Crippen molar-refractivity contribution in [2.75, 3.05) is 0 Å². The second-order valence-electron chi connectivity index (χ2n) is 33.3. The number of aromatic hydroxyl groups is 1. The molecule has 618 valence electrons. The fraction of sp³-hybridized carbons (Fsp3) is 0.429. The molecule has 0 saturated heterocycles. The number of phenols is 1. The van der Waals surface area contributed by atoms with Crippen molar-refractivity contribution in [2.45, 2.75) is 301 Å².